The van der Waals surface area contributed by atoms with E-state index in [2.05, 4.69) is 10.3 Å². The first kappa shape index (κ1) is 20.0. The lowest BCUT2D eigenvalue weighted by Crippen LogP contribution is -2.30. The van der Waals surface area contributed by atoms with Gasteiger partial charge < -0.3 is 4.74 Å². The minimum atomic E-state index is -0.988. The van der Waals surface area contributed by atoms with Crippen LogP contribution < -0.4 is 5.32 Å². The number of anilines is 1. The van der Waals surface area contributed by atoms with Gasteiger partial charge in [0.1, 0.15) is 5.82 Å². The molecule has 0 aliphatic carbocycles. The van der Waals surface area contributed by atoms with E-state index in [9.17, 15) is 14.0 Å². The van der Waals surface area contributed by atoms with E-state index in [1.807, 2.05) is 35.7 Å². The topological polar surface area (TPSA) is 68.3 Å². The van der Waals surface area contributed by atoms with E-state index in [-0.39, 0.29) is 5.75 Å². The van der Waals surface area contributed by atoms with Crippen molar-refractivity contribution in [3.05, 3.63) is 65.8 Å². The smallest absolute Gasteiger partial charge is 0.317 e. The third kappa shape index (κ3) is 5.40. The van der Waals surface area contributed by atoms with Crippen molar-refractivity contribution < 1.29 is 18.7 Å². The molecule has 1 atom stereocenters. The molecule has 0 spiro atoms. The van der Waals surface area contributed by atoms with Gasteiger partial charge in [0.2, 0.25) is 0 Å². The number of rotatable bonds is 7. The summed E-state index contributed by atoms with van der Waals surface area (Å²) in [5.74, 6) is -1.56. The second-order valence-corrected chi connectivity index (χ2v) is 7.62. The maximum absolute atomic E-state index is 13.6. The number of hydrogen-bond donors (Lipinski definition) is 1. The second kappa shape index (κ2) is 9.48. The molecule has 144 valence electrons. The van der Waals surface area contributed by atoms with Crippen LogP contribution in [0.3, 0.4) is 0 Å². The summed E-state index contributed by atoms with van der Waals surface area (Å²) in [6.07, 6.45) is -0.988. The molecule has 0 aliphatic rings. The predicted octanol–water partition coefficient (Wildman–Crippen LogP) is 4.61. The Morgan fingerprint density at radius 1 is 1.18 bits per heavy atom. The number of thioether (sulfide) groups is 1. The average molecular weight is 416 g/mol. The Hall–Kier alpha value is -2.71. The van der Waals surface area contributed by atoms with E-state index >= 15 is 0 Å². The number of esters is 1. The summed E-state index contributed by atoms with van der Waals surface area (Å²) in [6, 6.07) is 15.8. The first-order chi connectivity index (χ1) is 13.5. The number of ether oxygens (including phenoxy) is 1. The molecule has 5 nitrogen and oxygen atoms in total. The summed E-state index contributed by atoms with van der Waals surface area (Å²) in [7, 11) is 0. The maximum Gasteiger partial charge on any atom is 0.317 e. The number of hydrogen-bond acceptors (Lipinski definition) is 6. The quantitative estimate of drug-likeness (QED) is 0.450. The number of aromatic nitrogens is 1. The van der Waals surface area contributed by atoms with Crippen molar-refractivity contribution in [1.29, 1.82) is 0 Å². The molecule has 0 aliphatic heterocycles. The van der Waals surface area contributed by atoms with Crippen LogP contribution in [0.1, 0.15) is 6.92 Å². The molecule has 1 amide bonds. The van der Waals surface area contributed by atoms with E-state index in [4.69, 9.17) is 4.74 Å². The Morgan fingerprint density at radius 2 is 1.89 bits per heavy atom. The summed E-state index contributed by atoms with van der Waals surface area (Å²) >= 11 is 2.31. The molecule has 8 heteroatoms. The Bertz CT molecular complexity index is 963. The standard InChI is InChI=1S/C20H17FN2O3S2/c1-13(26-18(24)12-27-17-10-6-5-9-15(17)21)19(25)23-20-22-16(11-28-20)14-7-3-2-4-8-14/h2-11,13H,12H2,1H3,(H,22,23,25)/t13-/m0/s1. The molecule has 3 rings (SSSR count). The van der Waals surface area contributed by atoms with Crippen molar-refractivity contribution in [1.82, 2.24) is 4.98 Å². The molecule has 0 saturated carbocycles. The molecular weight excluding hydrogens is 399 g/mol. The minimum Gasteiger partial charge on any atom is -0.452 e. The molecule has 0 unspecified atom stereocenters. The highest BCUT2D eigenvalue weighted by Gasteiger charge is 2.19. The van der Waals surface area contributed by atoms with Crippen LogP contribution in [0, 0.1) is 5.82 Å². The zero-order chi connectivity index (χ0) is 19.9. The lowest BCUT2D eigenvalue weighted by atomic mass is 10.2. The van der Waals surface area contributed by atoms with Gasteiger partial charge in [-0.15, -0.1) is 23.1 Å². The minimum absolute atomic E-state index is 0.0893. The first-order valence-electron chi connectivity index (χ1n) is 8.41. The van der Waals surface area contributed by atoms with E-state index in [1.165, 1.54) is 24.3 Å². The number of carbonyl (C=O) groups excluding carboxylic acids is 2. The fraction of sp³-hybridized carbons (Fsp3) is 0.150. The lowest BCUT2D eigenvalue weighted by Gasteiger charge is -2.12. The van der Waals surface area contributed by atoms with Crippen LogP contribution in [0.2, 0.25) is 0 Å². The van der Waals surface area contributed by atoms with E-state index < -0.39 is 23.8 Å². The third-order valence-corrected chi connectivity index (χ3v) is 5.44. The second-order valence-electron chi connectivity index (χ2n) is 5.74. The van der Waals surface area contributed by atoms with Crippen molar-refractivity contribution in [2.45, 2.75) is 17.9 Å². The van der Waals surface area contributed by atoms with Crippen LogP contribution in [-0.2, 0) is 14.3 Å². The van der Waals surface area contributed by atoms with Gasteiger partial charge in [-0.25, -0.2) is 9.37 Å². The Balaban J connectivity index is 1.50. The number of nitrogens with one attached hydrogen (secondary N) is 1. The highest BCUT2D eigenvalue weighted by Crippen LogP contribution is 2.25. The van der Waals surface area contributed by atoms with E-state index in [0.29, 0.717) is 10.0 Å². The molecule has 0 saturated heterocycles. The predicted molar refractivity (Wildman–Crippen MR) is 109 cm³/mol. The van der Waals surface area contributed by atoms with Gasteiger partial charge in [-0.3, -0.25) is 14.9 Å². The monoisotopic (exact) mass is 416 g/mol. The normalized spacial score (nSPS) is 11.6. The number of thiazole rings is 1. The molecule has 1 N–H and O–H groups in total. The van der Waals surface area contributed by atoms with Crippen molar-refractivity contribution in [2.24, 2.45) is 0 Å². The number of amides is 1. The summed E-state index contributed by atoms with van der Waals surface area (Å²) < 4.78 is 18.7. The molecule has 3 aromatic rings. The van der Waals surface area contributed by atoms with Crippen LogP contribution in [-0.4, -0.2) is 28.7 Å². The lowest BCUT2D eigenvalue weighted by molar-refractivity contribution is -0.150. The summed E-state index contributed by atoms with van der Waals surface area (Å²) in [4.78, 5) is 28.9. The van der Waals surface area contributed by atoms with Crippen molar-refractivity contribution in [2.75, 3.05) is 11.1 Å². The molecule has 1 aromatic heterocycles. The maximum atomic E-state index is 13.6. The van der Waals surface area contributed by atoms with Gasteiger partial charge in [0.05, 0.1) is 11.4 Å². The fourth-order valence-corrected chi connectivity index (χ4v) is 3.71. The number of carbonyl (C=O) groups is 2. The summed E-state index contributed by atoms with van der Waals surface area (Å²) in [5.41, 5.74) is 1.70. The van der Waals surface area contributed by atoms with Crippen LogP contribution in [0.4, 0.5) is 9.52 Å². The third-order valence-electron chi connectivity index (χ3n) is 3.66. The van der Waals surface area contributed by atoms with Gasteiger partial charge in [0.25, 0.3) is 5.91 Å². The molecule has 0 radical (unpaired) electrons. The highest BCUT2D eigenvalue weighted by atomic mass is 32.2. The van der Waals surface area contributed by atoms with Gasteiger partial charge in [0, 0.05) is 15.8 Å². The number of nitrogens with zero attached hydrogens (tertiary/aromatic N) is 1. The van der Waals surface area contributed by atoms with Crippen LogP contribution in [0.25, 0.3) is 11.3 Å². The van der Waals surface area contributed by atoms with E-state index in [0.717, 1.165) is 23.0 Å². The van der Waals surface area contributed by atoms with Gasteiger partial charge >= 0.3 is 5.97 Å². The number of benzene rings is 2. The molecule has 0 fully saturated rings. The molecule has 1 heterocycles. The fourth-order valence-electron chi connectivity index (χ4n) is 2.26. The molecular formula is C20H17FN2O3S2. The van der Waals surface area contributed by atoms with Crippen molar-refractivity contribution in [3.63, 3.8) is 0 Å². The highest BCUT2D eigenvalue weighted by molar-refractivity contribution is 8.00. The Labute approximate surface area is 170 Å². The van der Waals surface area contributed by atoms with Gasteiger partial charge in [0.15, 0.2) is 11.2 Å². The SMILES string of the molecule is C[C@H](OC(=O)CSc1ccccc1F)C(=O)Nc1nc(-c2ccccc2)cs1. The summed E-state index contributed by atoms with van der Waals surface area (Å²) in [6.45, 7) is 1.48. The number of halogens is 1. The first-order valence-corrected chi connectivity index (χ1v) is 10.3. The van der Waals surface area contributed by atoms with Gasteiger partial charge in [-0.2, -0.15) is 0 Å². The van der Waals surface area contributed by atoms with Crippen LogP contribution >= 0.6 is 23.1 Å². The van der Waals surface area contributed by atoms with Gasteiger partial charge in [-0.05, 0) is 19.1 Å². The summed E-state index contributed by atoms with van der Waals surface area (Å²) in [5, 5.41) is 4.91. The van der Waals surface area contributed by atoms with Crippen LogP contribution in [0.15, 0.2) is 64.9 Å². The Morgan fingerprint density at radius 3 is 2.64 bits per heavy atom. The molecule has 2 aromatic carbocycles. The molecule has 28 heavy (non-hydrogen) atoms. The average Bonchev–Trinajstić information content (AvgIpc) is 3.16. The van der Waals surface area contributed by atoms with Crippen molar-refractivity contribution in [3.8, 4) is 11.3 Å². The van der Waals surface area contributed by atoms with Crippen molar-refractivity contribution >= 4 is 40.1 Å². The molecule has 0 bridgehead atoms. The van der Waals surface area contributed by atoms with E-state index in [1.54, 1.807) is 18.2 Å². The van der Waals surface area contributed by atoms with Crippen LogP contribution in [0.5, 0.6) is 0 Å². The Kier molecular flexibility index (Phi) is 6.78. The van der Waals surface area contributed by atoms with Gasteiger partial charge in [-0.1, -0.05) is 42.5 Å². The zero-order valence-corrected chi connectivity index (χ0v) is 16.6. The zero-order valence-electron chi connectivity index (χ0n) is 14.9. The largest absolute Gasteiger partial charge is 0.452 e.